The summed E-state index contributed by atoms with van der Waals surface area (Å²) in [6.07, 6.45) is 0. The lowest BCUT2D eigenvalue weighted by molar-refractivity contribution is 0.412. The molecule has 2 aromatic rings. The monoisotopic (exact) mass is 315 g/mol. The molecule has 0 radical (unpaired) electrons. The molecule has 4 heteroatoms. The van der Waals surface area contributed by atoms with Gasteiger partial charge in [-0.15, -0.1) is 11.3 Å². The molecule has 0 atom stereocenters. The third-order valence-electron chi connectivity index (χ3n) is 1.90. The van der Waals surface area contributed by atoms with Crippen molar-refractivity contribution >= 4 is 44.0 Å². The highest BCUT2D eigenvalue weighted by molar-refractivity contribution is 14.1. The highest BCUT2D eigenvalue weighted by Crippen LogP contribution is 2.32. The minimum Gasteiger partial charge on any atom is -0.496 e. The van der Waals surface area contributed by atoms with Crippen molar-refractivity contribution in [2.45, 2.75) is 0 Å². The van der Waals surface area contributed by atoms with Crippen LogP contribution in [-0.4, -0.2) is 7.11 Å². The summed E-state index contributed by atoms with van der Waals surface area (Å²) in [5, 5.41) is 9.87. The first-order valence-corrected chi connectivity index (χ1v) is 5.81. The van der Waals surface area contributed by atoms with Gasteiger partial charge in [-0.1, -0.05) is 0 Å². The molecule has 0 bridgehead atoms. The average Bonchev–Trinajstić information content (AvgIpc) is 2.58. The molecule has 0 fully saturated rings. The molecule has 0 aliphatic carbocycles. The molecule has 14 heavy (non-hydrogen) atoms. The first-order chi connectivity index (χ1) is 6.74. The van der Waals surface area contributed by atoms with Crippen LogP contribution in [0, 0.1) is 14.9 Å². The third kappa shape index (κ3) is 1.57. The zero-order valence-electron chi connectivity index (χ0n) is 7.37. The number of thiophene rings is 1. The van der Waals surface area contributed by atoms with E-state index < -0.39 is 0 Å². The van der Waals surface area contributed by atoms with Crippen LogP contribution in [0.5, 0.6) is 5.75 Å². The van der Waals surface area contributed by atoms with Gasteiger partial charge in [0.2, 0.25) is 0 Å². The second-order valence-electron chi connectivity index (χ2n) is 2.75. The average molecular weight is 315 g/mol. The number of nitriles is 1. The molecular weight excluding hydrogens is 309 g/mol. The fraction of sp³-hybridized carbons (Fsp3) is 0.100. The van der Waals surface area contributed by atoms with Crippen molar-refractivity contribution in [3.05, 3.63) is 26.6 Å². The Balaban J connectivity index is 2.71. The van der Waals surface area contributed by atoms with Crippen LogP contribution in [0.1, 0.15) is 4.88 Å². The Kier molecular flexibility index (Phi) is 2.61. The van der Waals surface area contributed by atoms with Gasteiger partial charge in [0.1, 0.15) is 16.7 Å². The van der Waals surface area contributed by atoms with Gasteiger partial charge in [0, 0.05) is 4.70 Å². The molecule has 2 rings (SSSR count). The number of fused-ring (bicyclic) bond motifs is 1. The zero-order chi connectivity index (χ0) is 10.1. The molecule has 1 aromatic heterocycles. The largest absolute Gasteiger partial charge is 0.496 e. The van der Waals surface area contributed by atoms with E-state index in [0.717, 1.165) is 24.3 Å². The van der Waals surface area contributed by atoms with E-state index in [1.54, 1.807) is 7.11 Å². The maximum Gasteiger partial charge on any atom is 0.133 e. The Morgan fingerprint density at radius 1 is 1.43 bits per heavy atom. The number of halogens is 1. The van der Waals surface area contributed by atoms with Gasteiger partial charge >= 0.3 is 0 Å². The van der Waals surface area contributed by atoms with Crippen LogP contribution < -0.4 is 4.74 Å². The molecule has 0 aliphatic heterocycles. The van der Waals surface area contributed by atoms with Crippen molar-refractivity contribution in [1.82, 2.24) is 0 Å². The number of methoxy groups -OCH3 is 1. The Morgan fingerprint density at radius 2 is 2.21 bits per heavy atom. The summed E-state index contributed by atoms with van der Waals surface area (Å²) in [7, 11) is 1.65. The molecule has 0 amide bonds. The second kappa shape index (κ2) is 3.75. The smallest absolute Gasteiger partial charge is 0.133 e. The zero-order valence-corrected chi connectivity index (χ0v) is 10.3. The van der Waals surface area contributed by atoms with Crippen molar-refractivity contribution in [3.8, 4) is 11.8 Å². The van der Waals surface area contributed by atoms with E-state index >= 15 is 0 Å². The van der Waals surface area contributed by atoms with Crippen LogP contribution in [0.15, 0.2) is 18.2 Å². The van der Waals surface area contributed by atoms with Gasteiger partial charge in [-0.25, -0.2) is 0 Å². The van der Waals surface area contributed by atoms with E-state index in [4.69, 9.17) is 10.00 Å². The topological polar surface area (TPSA) is 33.0 Å². The lowest BCUT2D eigenvalue weighted by atomic mass is 10.2. The fourth-order valence-electron chi connectivity index (χ4n) is 1.25. The number of hydrogen-bond acceptors (Lipinski definition) is 3. The van der Waals surface area contributed by atoms with Crippen LogP contribution >= 0.6 is 33.9 Å². The quantitative estimate of drug-likeness (QED) is 0.756. The molecule has 0 unspecified atom stereocenters. The summed E-state index contributed by atoms with van der Waals surface area (Å²) in [5.74, 6) is 0.865. The molecule has 0 spiro atoms. The van der Waals surface area contributed by atoms with Crippen molar-refractivity contribution in [1.29, 1.82) is 5.26 Å². The van der Waals surface area contributed by atoms with Crippen LogP contribution in [0.25, 0.3) is 10.1 Å². The van der Waals surface area contributed by atoms with Gasteiger partial charge in [0.25, 0.3) is 0 Å². The number of benzene rings is 1. The summed E-state index contributed by atoms with van der Waals surface area (Å²) < 4.78 is 7.38. The van der Waals surface area contributed by atoms with Crippen molar-refractivity contribution in [3.63, 3.8) is 0 Å². The summed E-state index contributed by atoms with van der Waals surface area (Å²) in [6.45, 7) is 0. The Hall–Kier alpha value is -0.800. The minimum absolute atomic E-state index is 0.740. The SMILES string of the molecule is COc1cc2sc(C#N)cc2cc1I. The molecule has 1 heterocycles. The predicted octanol–water partition coefficient (Wildman–Crippen LogP) is 3.39. The molecule has 2 nitrogen and oxygen atoms in total. The first-order valence-electron chi connectivity index (χ1n) is 3.92. The Labute approximate surface area is 99.3 Å². The van der Waals surface area contributed by atoms with E-state index in [2.05, 4.69) is 28.7 Å². The molecule has 0 saturated carbocycles. The van der Waals surface area contributed by atoms with Gasteiger partial charge in [0.05, 0.1) is 10.7 Å². The van der Waals surface area contributed by atoms with Crippen LogP contribution in [0.2, 0.25) is 0 Å². The van der Waals surface area contributed by atoms with E-state index in [0.29, 0.717) is 0 Å². The molecule has 0 saturated heterocycles. The second-order valence-corrected chi connectivity index (χ2v) is 4.99. The number of nitrogens with zero attached hydrogens (tertiary/aromatic N) is 1. The summed E-state index contributed by atoms with van der Waals surface area (Å²) >= 11 is 3.72. The first kappa shape index (κ1) is 9.74. The van der Waals surface area contributed by atoms with E-state index in [1.807, 2.05) is 18.2 Å². The van der Waals surface area contributed by atoms with E-state index in [1.165, 1.54) is 11.3 Å². The van der Waals surface area contributed by atoms with Crippen LogP contribution in [0.3, 0.4) is 0 Å². The van der Waals surface area contributed by atoms with Crippen LogP contribution in [0.4, 0.5) is 0 Å². The van der Waals surface area contributed by atoms with E-state index in [9.17, 15) is 0 Å². The number of hydrogen-bond donors (Lipinski definition) is 0. The fourth-order valence-corrected chi connectivity index (χ4v) is 2.83. The standard InChI is InChI=1S/C10H6INOS/c1-13-9-4-10-6(3-8(9)11)2-7(5-12)14-10/h2-4H,1H3. The van der Waals surface area contributed by atoms with Crippen molar-refractivity contribution in [2.24, 2.45) is 0 Å². The van der Waals surface area contributed by atoms with Crippen molar-refractivity contribution < 1.29 is 4.74 Å². The number of rotatable bonds is 1. The molecule has 1 aromatic carbocycles. The van der Waals surface area contributed by atoms with Gasteiger partial charge < -0.3 is 4.74 Å². The van der Waals surface area contributed by atoms with Gasteiger partial charge in [-0.3, -0.25) is 0 Å². The minimum atomic E-state index is 0.740. The van der Waals surface area contributed by atoms with Gasteiger partial charge in [-0.05, 0) is 46.2 Å². The highest BCUT2D eigenvalue weighted by atomic mass is 127. The Bertz CT molecular complexity index is 527. The molecule has 0 aliphatic rings. The summed E-state index contributed by atoms with van der Waals surface area (Å²) in [4.78, 5) is 0.740. The summed E-state index contributed by atoms with van der Waals surface area (Å²) in [5.41, 5.74) is 0. The third-order valence-corrected chi connectivity index (χ3v) is 3.75. The molecule has 70 valence electrons. The molecular formula is C10H6INOS. The van der Waals surface area contributed by atoms with E-state index in [-0.39, 0.29) is 0 Å². The van der Waals surface area contributed by atoms with Crippen LogP contribution in [-0.2, 0) is 0 Å². The summed E-state index contributed by atoms with van der Waals surface area (Å²) in [6, 6.07) is 8.06. The molecule has 0 N–H and O–H groups in total. The van der Waals surface area contributed by atoms with Crippen molar-refractivity contribution in [2.75, 3.05) is 7.11 Å². The van der Waals surface area contributed by atoms with Gasteiger partial charge in [0.15, 0.2) is 0 Å². The lowest BCUT2D eigenvalue weighted by Gasteiger charge is -2.01. The number of ether oxygens (including phenoxy) is 1. The maximum atomic E-state index is 8.76. The predicted molar refractivity (Wildman–Crippen MR) is 65.8 cm³/mol. The van der Waals surface area contributed by atoms with Gasteiger partial charge in [-0.2, -0.15) is 5.26 Å². The maximum absolute atomic E-state index is 8.76. The lowest BCUT2D eigenvalue weighted by Crippen LogP contribution is -1.84. The highest BCUT2D eigenvalue weighted by Gasteiger charge is 2.06. The Morgan fingerprint density at radius 3 is 2.86 bits per heavy atom. The normalized spacial score (nSPS) is 10.1.